The van der Waals surface area contributed by atoms with Crippen molar-refractivity contribution < 1.29 is 49.0 Å². The van der Waals surface area contributed by atoms with E-state index >= 15 is 0 Å². The number of aromatic hydroxyl groups is 1. The van der Waals surface area contributed by atoms with Gasteiger partial charge in [0.1, 0.15) is 29.3 Å². The third-order valence-corrected chi connectivity index (χ3v) is 6.86. The predicted molar refractivity (Wildman–Crippen MR) is 144 cm³/mol. The van der Waals surface area contributed by atoms with Crippen molar-refractivity contribution in [3.63, 3.8) is 0 Å². The maximum atomic E-state index is 13.4. The Labute approximate surface area is 233 Å². The minimum Gasteiger partial charge on any atom is -0.508 e. The Bertz CT molecular complexity index is 1490. The van der Waals surface area contributed by atoms with Crippen LogP contribution in [0, 0.1) is 5.92 Å². The first-order valence-corrected chi connectivity index (χ1v) is 12.9. The molecule has 5 unspecified atom stereocenters. The lowest BCUT2D eigenvalue weighted by Gasteiger charge is -2.46. The Morgan fingerprint density at radius 2 is 1.83 bits per heavy atom. The maximum Gasteiger partial charge on any atom is 0.335 e. The van der Waals surface area contributed by atoms with Gasteiger partial charge in [-0.25, -0.2) is 4.79 Å². The van der Waals surface area contributed by atoms with Crippen LogP contribution in [-0.4, -0.2) is 80.7 Å². The van der Waals surface area contributed by atoms with Crippen LogP contribution in [0.1, 0.15) is 30.8 Å². The average Bonchev–Trinajstić information content (AvgIpc) is 2.91. The van der Waals surface area contributed by atoms with Crippen LogP contribution in [0.25, 0.3) is 22.1 Å². The number of aliphatic hydroxyl groups excluding tert-OH is 2. The van der Waals surface area contributed by atoms with Crippen LogP contribution in [-0.2, 0) is 9.53 Å². The van der Waals surface area contributed by atoms with Gasteiger partial charge in [-0.05, 0) is 48.7 Å². The number of primary amides is 1. The van der Waals surface area contributed by atoms with Gasteiger partial charge in [0.2, 0.25) is 17.5 Å². The molecule has 1 aromatic heterocycles. The van der Waals surface area contributed by atoms with Crippen molar-refractivity contribution in [1.82, 2.24) is 5.32 Å². The molecule has 220 valence electrons. The molecule has 0 spiro atoms. The molecular formula is C28H32N2O11. The highest BCUT2D eigenvalue weighted by molar-refractivity contribution is 5.99. The molecule has 1 saturated heterocycles. The second-order valence-electron chi connectivity index (χ2n) is 10.3. The van der Waals surface area contributed by atoms with Crippen molar-refractivity contribution in [1.29, 1.82) is 0 Å². The molecule has 1 amide bonds. The number of nitrogens with one attached hydrogen (secondary N) is 1. The van der Waals surface area contributed by atoms with E-state index in [0.29, 0.717) is 12.5 Å². The average molecular weight is 573 g/mol. The molecule has 0 saturated carbocycles. The van der Waals surface area contributed by atoms with Crippen LogP contribution in [0.2, 0.25) is 0 Å². The van der Waals surface area contributed by atoms with E-state index in [1.54, 1.807) is 0 Å². The van der Waals surface area contributed by atoms with Gasteiger partial charge in [0.15, 0.2) is 11.7 Å². The number of carbonyl (C=O) groups is 2. The Balaban J connectivity index is 1.72. The molecule has 13 nitrogen and oxygen atoms in total. The van der Waals surface area contributed by atoms with E-state index in [1.165, 1.54) is 42.5 Å². The van der Waals surface area contributed by atoms with E-state index in [2.05, 4.69) is 5.32 Å². The van der Waals surface area contributed by atoms with E-state index in [0.717, 1.165) is 6.42 Å². The number of nitrogens with two attached hydrogens (primary N) is 1. The number of carboxylic acids is 1. The monoisotopic (exact) mass is 572 g/mol. The highest BCUT2D eigenvalue weighted by Crippen LogP contribution is 2.34. The smallest absolute Gasteiger partial charge is 0.335 e. The van der Waals surface area contributed by atoms with E-state index in [1.807, 2.05) is 13.8 Å². The highest BCUT2D eigenvalue weighted by Gasteiger charge is 2.58. The third kappa shape index (κ3) is 6.04. The van der Waals surface area contributed by atoms with E-state index in [9.17, 15) is 39.9 Å². The Morgan fingerprint density at radius 3 is 2.44 bits per heavy atom. The zero-order valence-electron chi connectivity index (χ0n) is 22.3. The van der Waals surface area contributed by atoms with Crippen LogP contribution in [0.4, 0.5) is 0 Å². The number of carbonyl (C=O) groups excluding carboxylic acids is 1. The van der Waals surface area contributed by atoms with Crippen LogP contribution >= 0.6 is 0 Å². The van der Waals surface area contributed by atoms with Gasteiger partial charge >= 0.3 is 5.97 Å². The number of phenols is 1. The van der Waals surface area contributed by atoms with Gasteiger partial charge in [-0.15, -0.1) is 0 Å². The fraction of sp³-hybridized carbons (Fsp3) is 0.393. The van der Waals surface area contributed by atoms with Gasteiger partial charge in [0.25, 0.3) is 5.91 Å². The van der Waals surface area contributed by atoms with Gasteiger partial charge in [-0.1, -0.05) is 26.0 Å². The summed E-state index contributed by atoms with van der Waals surface area (Å²) < 4.78 is 16.9. The fourth-order valence-corrected chi connectivity index (χ4v) is 4.57. The lowest BCUT2D eigenvalue weighted by Crippen LogP contribution is -2.71. The SMILES string of the molecule is CC(C)CCNCC1(O)C(Oc2ccc3c(=O)c(-c4ccc(O)cc4)c(C(N)=O)oc3c2)OC(C(=O)O)C(O)C1O. The van der Waals surface area contributed by atoms with E-state index < -0.39 is 53.3 Å². The molecular weight excluding hydrogens is 540 g/mol. The van der Waals surface area contributed by atoms with Crippen molar-refractivity contribution in [2.75, 3.05) is 13.1 Å². The first-order valence-electron chi connectivity index (χ1n) is 12.9. The maximum absolute atomic E-state index is 13.4. The second-order valence-corrected chi connectivity index (χ2v) is 10.3. The lowest BCUT2D eigenvalue weighted by molar-refractivity contribution is -0.311. The fourth-order valence-electron chi connectivity index (χ4n) is 4.57. The number of fused-ring (bicyclic) bond motifs is 1. The zero-order valence-corrected chi connectivity index (χ0v) is 22.3. The van der Waals surface area contributed by atoms with Crippen LogP contribution in [0.3, 0.4) is 0 Å². The largest absolute Gasteiger partial charge is 0.508 e. The number of hydrogen-bond donors (Lipinski definition) is 7. The number of aliphatic carboxylic acids is 1. The highest BCUT2D eigenvalue weighted by atomic mass is 16.7. The number of benzene rings is 2. The molecule has 5 atom stereocenters. The summed E-state index contributed by atoms with van der Waals surface area (Å²) in [6.45, 7) is 4.12. The summed E-state index contributed by atoms with van der Waals surface area (Å²) in [7, 11) is 0. The van der Waals surface area contributed by atoms with Crippen molar-refractivity contribution >= 4 is 22.8 Å². The number of carboxylic acid groups (broad SMARTS) is 1. The minimum absolute atomic E-state index is 0.0412. The number of phenolic OH excluding ortho intramolecular Hbond substituents is 1. The van der Waals surface area contributed by atoms with Gasteiger partial charge in [-0.2, -0.15) is 0 Å². The number of ether oxygens (including phenoxy) is 2. The first kappa shape index (κ1) is 30.0. The molecule has 2 heterocycles. The molecule has 0 radical (unpaired) electrons. The molecule has 1 fully saturated rings. The summed E-state index contributed by atoms with van der Waals surface area (Å²) in [5.41, 5.74) is 2.66. The van der Waals surface area contributed by atoms with E-state index in [4.69, 9.17) is 19.6 Å². The van der Waals surface area contributed by atoms with Crippen molar-refractivity contribution in [3.8, 4) is 22.6 Å². The molecule has 0 bridgehead atoms. The van der Waals surface area contributed by atoms with Gasteiger partial charge < -0.3 is 50.5 Å². The predicted octanol–water partition coefficient (Wildman–Crippen LogP) is 0.541. The molecule has 2 aromatic carbocycles. The minimum atomic E-state index is -2.29. The van der Waals surface area contributed by atoms with E-state index in [-0.39, 0.29) is 40.1 Å². The molecule has 3 aromatic rings. The standard InChI is InChI=1S/C28H32N2O11/c1-13(2)9-10-30-12-28(38)24(34)21(33)23(26(36)37)41-27(28)39-16-7-8-17-18(11-16)40-22(25(29)35)19(20(17)32)14-3-5-15(31)6-4-14/h3-8,11,13,21,23-24,27,30-31,33-34,38H,9-10,12H2,1-2H3,(H2,29,35)(H,36,37). The van der Waals surface area contributed by atoms with Crippen LogP contribution in [0.5, 0.6) is 11.5 Å². The molecule has 41 heavy (non-hydrogen) atoms. The first-order chi connectivity index (χ1) is 19.3. The quantitative estimate of drug-likeness (QED) is 0.165. The topological polar surface area (TPSA) is 222 Å². The lowest BCUT2D eigenvalue weighted by atomic mass is 9.86. The zero-order chi connectivity index (χ0) is 30.1. The summed E-state index contributed by atoms with van der Waals surface area (Å²) in [5, 5.41) is 54.6. The van der Waals surface area contributed by atoms with Crippen molar-refractivity contribution in [3.05, 3.63) is 58.4 Å². The summed E-state index contributed by atoms with van der Waals surface area (Å²) in [6, 6.07) is 9.38. The van der Waals surface area contributed by atoms with Crippen molar-refractivity contribution in [2.45, 2.75) is 50.5 Å². The number of aliphatic hydroxyl groups is 3. The number of hydrogen-bond acceptors (Lipinski definition) is 11. The summed E-state index contributed by atoms with van der Waals surface area (Å²) >= 11 is 0. The molecule has 4 rings (SSSR count). The Kier molecular flexibility index (Phi) is 8.66. The van der Waals surface area contributed by atoms with Gasteiger partial charge in [0, 0.05) is 12.6 Å². The van der Waals surface area contributed by atoms with Crippen LogP contribution in [0.15, 0.2) is 51.7 Å². The van der Waals surface area contributed by atoms with Gasteiger partial charge in [0.05, 0.1) is 10.9 Å². The van der Waals surface area contributed by atoms with Gasteiger partial charge in [-0.3, -0.25) is 9.59 Å². The molecule has 1 aliphatic heterocycles. The Hall–Kier alpha value is -4.01. The number of amides is 1. The molecule has 1 aliphatic rings. The molecule has 0 aliphatic carbocycles. The number of rotatable bonds is 10. The Morgan fingerprint density at radius 1 is 1.15 bits per heavy atom. The third-order valence-electron chi connectivity index (χ3n) is 6.86. The second kappa shape index (κ2) is 11.8. The van der Waals surface area contributed by atoms with Crippen LogP contribution < -0.4 is 21.2 Å². The molecule has 8 N–H and O–H groups in total. The van der Waals surface area contributed by atoms with Crippen molar-refractivity contribution in [2.24, 2.45) is 11.7 Å². The summed E-state index contributed by atoms with van der Waals surface area (Å²) in [5.74, 6) is -2.86. The molecule has 13 heteroatoms. The summed E-state index contributed by atoms with van der Waals surface area (Å²) in [4.78, 5) is 37.3. The summed E-state index contributed by atoms with van der Waals surface area (Å²) in [6.07, 6.45) is -6.91. The normalized spacial score (nSPS) is 24.4.